The van der Waals surface area contributed by atoms with Gasteiger partial charge in [-0.15, -0.1) is 0 Å². The van der Waals surface area contributed by atoms with Crippen molar-refractivity contribution in [2.75, 3.05) is 14.1 Å². The van der Waals surface area contributed by atoms with Gasteiger partial charge in [-0.25, -0.2) is 18.5 Å². The summed E-state index contributed by atoms with van der Waals surface area (Å²) in [6, 6.07) is 2.19. The fourth-order valence-corrected chi connectivity index (χ4v) is 3.91. The highest BCUT2D eigenvalue weighted by atomic mass is 35.5. The zero-order valence-corrected chi connectivity index (χ0v) is 19.6. The lowest BCUT2D eigenvalue weighted by Crippen LogP contribution is -2.35. The Labute approximate surface area is 207 Å². The molecule has 1 atom stereocenters. The zero-order chi connectivity index (χ0) is 27.9. The predicted molar refractivity (Wildman–Crippen MR) is 113 cm³/mol. The quantitative estimate of drug-likeness (QED) is 0.149. The summed E-state index contributed by atoms with van der Waals surface area (Å²) in [6.45, 7) is 2.67. The second-order valence-electron chi connectivity index (χ2n) is 7.49. The Hall–Kier alpha value is -3.21. The Morgan fingerprint density at radius 3 is 2.03 bits per heavy atom. The molecule has 0 saturated heterocycles. The number of alkyl halides is 8. The largest absolute Gasteiger partial charge is 0.416 e. The highest BCUT2D eigenvalue weighted by molar-refractivity contribution is 6.38. The van der Waals surface area contributed by atoms with Crippen molar-refractivity contribution in [2.24, 2.45) is 4.99 Å². The highest BCUT2D eigenvalue weighted by Crippen LogP contribution is 2.70. The molecule has 2 aromatic rings. The fourth-order valence-electron chi connectivity index (χ4n) is 3.27. The summed E-state index contributed by atoms with van der Waals surface area (Å²) in [5.41, 5.74) is -0.808. The smallest absolute Gasteiger partial charge is 0.369 e. The van der Waals surface area contributed by atoms with E-state index in [0.717, 1.165) is 6.34 Å². The lowest BCUT2D eigenvalue weighted by atomic mass is 9.94. The molecule has 0 amide bonds. The van der Waals surface area contributed by atoms with Gasteiger partial charge in [0.15, 0.2) is 16.9 Å². The maximum absolute atomic E-state index is 14.2. The molecule has 1 heterocycles. The molecule has 1 saturated carbocycles. The molecule has 0 spiro atoms. The number of nitriles is 1. The Balaban J connectivity index is 0.00000145. The zero-order valence-electron chi connectivity index (χ0n) is 18.1. The number of hydrogen-bond acceptors (Lipinski definition) is 3. The van der Waals surface area contributed by atoms with E-state index in [2.05, 4.69) is 21.6 Å². The van der Waals surface area contributed by atoms with E-state index in [-0.39, 0.29) is 0 Å². The van der Waals surface area contributed by atoms with Crippen LogP contribution in [0.4, 0.5) is 40.9 Å². The Morgan fingerprint density at radius 1 is 1.22 bits per heavy atom. The van der Waals surface area contributed by atoms with Crippen molar-refractivity contribution < 1.29 is 39.9 Å². The average Bonchev–Trinajstić information content (AvgIpc) is 3.14. The SMILES string of the molecule is C=[N+]=[N-].CN(C)C=Nc1c(C2(C(F)(F)F)CC2(F)F)c(C#N)nn1-c1c(Cl)cc(C(F)(F)F)cc1Cl. The number of rotatable bonds is 4. The Morgan fingerprint density at radius 2 is 1.69 bits per heavy atom. The van der Waals surface area contributed by atoms with Gasteiger partial charge in [-0.3, -0.25) is 0 Å². The van der Waals surface area contributed by atoms with E-state index in [0.29, 0.717) is 16.8 Å². The van der Waals surface area contributed by atoms with Crippen molar-refractivity contribution in [3.8, 4) is 11.8 Å². The van der Waals surface area contributed by atoms with E-state index in [9.17, 15) is 40.4 Å². The van der Waals surface area contributed by atoms with Crippen LogP contribution in [-0.4, -0.2) is 58.7 Å². The van der Waals surface area contributed by atoms with Gasteiger partial charge in [0.2, 0.25) is 6.72 Å². The number of aliphatic imine (C=N–C) groups is 1. The molecule has 0 N–H and O–H groups in total. The summed E-state index contributed by atoms with van der Waals surface area (Å²) in [5, 5.41) is 11.6. The van der Waals surface area contributed by atoms with Crippen LogP contribution in [0.1, 0.15) is 23.2 Å². The molecule has 1 aliphatic carbocycles. The first-order chi connectivity index (χ1) is 16.4. The van der Waals surface area contributed by atoms with Crippen LogP contribution >= 0.6 is 23.2 Å². The van der Waals surface area contributed by atoms with E-state index >= 15 is 0 Å². The first-order valence-electron chi connectivity index (χ1n) is 9.25. The summed E-state index contributed by atoms with van der Waals surface area (Å²) < 4.78 is 110. The molecule has 0 radical (unpaired) electrons. The van der Waals surface area contributed by atoms with E-state index in [1.807, 2.05) is 0 Å². The third-order valence-electron chi connectivity index (χ3n) is 4.83. The number of nitrogens with zero attached hydrogens (tertiary/aromatic N) is 7. The van der Waals surface area contributed by atoms with Crippen molar-refractivity contribution in [1.82, 2.24) is 14.7 Å². The molecule has 3 rings (SSSR count). The van der Waals surface area contributed by atoms with Crippen LogP contribution in [0.3, 0.4) is 0 Å². The van der Waals surface area contributed by atoms with E-state index in [1.165, 1.54) is 25.1 Å². The molecule has 1 fully saturated rings. The normalized spacial score (nSPS) is 18.8. The predicted octanol–water partition coefficient (Wildman–Crippen LogP) is 6.05. The van der Waals surface area contributed by atoms with Gasteiger partial charge in [0.05, 0.1) is 27.5 Å². The van der Waals surface area contributed by atoms with Gasteiger partial charge in [-0.05, 0) is 12.1 Å². The second-order valence-corrected chi connectivity index (χ2v) is 8.31. The summed E-state index contributed by atoms with van der Waals surface area (Å²) in [4.78, 5) is 7.26. The second kappa shape index (κ2) is 9.68. The van der Waals surface area contributed by atoms with Gasteiger partial charge in [-0.2, -0.15) is 41.5 Å². The molecule has 1 aliphatic rings. The molecule has 1 aromatic carbocycles. The third-order valence-corrected chi connectivity index (χ3v) is 5.41. The van der Waals surface area contributed by atoms with Gasteiger partial charge in [0.25, 0.3) is 5.92 Å². The summed E-state index contributed by atoms with van der Waals surface area (Å²) in [6.07, 6.45) is -11.1. The fraction of sp³-hybridized carbons (Fsp3) is 0.368. The number of aromatic nitrogens is 2. The first-order valence-corrected chi connectivity index (χ1v) is 10.0. The summed E-state index contributed by atoms with van der Waals surface area (Å²) >= 11 is 11.9. The van der Waals surface area contributed by atoms with E-state index in [1.54, 1.807) is 0 Å². The molecule has 1 unspecified atom stereocenters. The van der Waals surface area contributed by atoms with E-state index < -0.39 is 68.5 Å². The topological polar surface area (TPSA) is 93.6 Å². The molecule has 36 heavy (non-hydrogen) atoms. The molecular weight excluding hydrogens is 549 g/mol. The van der Waals surface area contributed by atoms with Crippen LogP contribution in [0.25, 0.3) is 11.2 Å². The van der Waals surface area contributed by atoms with Crippen molar-refractivity contribution >= 4 is 42.1 Å². The van der Waals surface area contributed by atoms with E-state index in [4.69, 9.17) is 28.7 Å². The minimum absolute atomic E-state index is 0.431. The number of benzene rings is 1. The highest BCUT2D eigenvalue weighted by Gasteiger charge is 2.86. The van der Waals surface area contributed by atoms with Crippen LogP contribution in [-0.2, 0) is 11.6 Å². The first kappa shape index (κ1) is 29.0. The third kappa shape index (κ3) is 5.02. The molecular formula is C19H13Cl2F8N7. The maximum Gasteiger partial charge on any atom is 0.416 e. The van der Waals surface area contributed by atoms with Crippen LogP contribution in [0.2, 0.25) is 10.0 Å². The monoisotopic (exact) mass is 561 g/mol. The standard InChI is InChI=1S/C18H11Cl2F8N5.CH2N2/c1-32(2)7-30-14-12(15(18(26,27)28)6-16(15,21)22)11(5-29)31-33(14)13-9(19)3-8(4-10(13)20)17(23,24)25;1-3-2/h3-4,7H,6H2,1-2H3;1H2. The molecule has 17 heteroatoms. The van der Waals surface area contributed by atoms with Gasteiger partial charge in [-0.1, -0.05) is 23.2 Å². The van der Waals surface area contributed by atoms with Crippen molar-refractivity contribution in [3.05, 3.63) is 44.5 Å². The van der Waals surface area contributed by atoms with Gasteiger partial charge >= 0.3 is 12.4 Å². The molecule has 7 nitrogen and oxygen atoms in total. The number of halogens is 10. The molecule has 0 aliphatic heterocycles. The lowest BCUT2D eigenvalue weighted by Gasteiger charge is -2.20. The van der Waals surface area contributed by atoms with Crippen LogP contribution in [0.15, 0.2) is 17.1 Å². The van der Waals surface area contributed by atoms with Crippen molar-refractivity contribution in [1.29, 1.82) is 5.26 Å². The van der Waals surface area contributed by atoms with Crippen molar-refractivity contribution in [3.63, 3.8) is 0 Å². The van der Waals surface area contributed by atoms with Gasteiger partial charge < -0.3 is 10.4 Å². The van der Waals surface area contributed by atoms with Crippen LogP contribution in [0.5, 0.6) is 0 Å². The van der Waals surface area contributed by atoms with Gasteiger partial charge in [0, 0.05) is 20.5 Å². The molecule has 194 valence electrons. The number of hydrogen-bond donors (Lipinski definition) is 0. The minimum atomic E-state index is -5.51. The van der Waals surface area contributed by atoms with Crippen molar-refractivity contribution in [2.45, 2.75) is 30.1 Å². The van der Waals surface area contributed by atoms with Crippen LogP contribution < -0.4 is 0 Å². The minimum Gasteiger partial charge on any atom is -0.369 e. The van der Waals surface area contributed by atoms with Crippen LogP contribution in [0, 0.1) is 11.3 Å². The molecule has 0 bridgehead atoms. The summed E-state index contributed by atoms with van der Waals surface area (Å²) in [5.74, 6) is -5.15. The Bertz CT molecular complexity index is 1250. The maximum atomic E-state index is 14.2. The van der Waals surface area contributed by atoms with Gasteiger partial charge in [0.1, 0.15) is 11.8 Å². The summed E-state index contributed by atoms with van der Waals surface area (Å²) in [7, 11) is 2.83. The lowest BCUT2D eigenvalue weighted by molar-refractivity contribution is -0.182. The average molecular weight is 562 g/mol. The Kier molecular flexibility index (Phi) is 7.81. The molecule has 1 aromatic heterocycles.